The Morgan fingerprint density at radius 3 is 2.08 bits per heavy atom. The number of aryl methyl sites for hydroxylation is 1. The van der Waals surface area contributed by atoms with Gasteiger partial charge in [0.2, 0.25) is 0 Å². The van der Waals surface area contributed by atoms with E-state index in [0.29, 0.717) is 0 Å². The van der Waals surface area contributed by atoms with Gasteiger partial charge in [0.1, 0.15) is 0 Å². The molecule has 1 aromatic rings. The molecule has 0 heterocycles. The first kappa shape index (κ1) is 13.7. The van der Waals surface area contributed by atoms with Crippen molar-refractivity contribution < 1.29 is 56.5 Å². The van der Waals surface area contributed by atoms with Crippen LogP contribution in [0.15, 0.2) is 18.2 Å². The van der Waals surface area contributed by atoms with E-state index >= 15 is 0 Å². The van der Waals surface area contributed by atoms with Crippen molar-refractivity contribution in [3.05, 3.63) is 29.3 Å². The van der Waals surface area contributed by atoms with Crippen molar-refractivity contribution in [1.29, 1.82) is 0 Å². The standard InChI is InChI=1S/C11H16O.K/c1-8-5-6-9(12)7-10(8)11(2,3)4;/h5-7,12H,1-4H3;/q;+1/p-1. The molecule has 0 unspecified atom stereocenters. The molecule has 0 N–H and O–H groups in total. The molecule has 0 aliphatic heterocycles. The van der Waals surface area contributed by atoms with Gasteiger partial charge in [0.15, 0.2) is 0 Å². The molecule has 0 atom stereocenters. The van der Waals surface area contributed by atoms with Crippen LogP contribution in [-0.2, 0) is 5.41 Å². The summed E-state index contributed by atoms with van der Waals surface area (Å²) in [5, 5.41) is 11.1. The summed E-state index contributed by atoms with van der Waals surface area (Å²) >= 11 is 0. The summed E-state index contributed by atoms with van der Waals surface area (Å²) in [6.07, 6.45) is 0. The van der Waals surface area contributed by atoms with Crippen LogP contribution in [0.1, 0.15) is 31.9 Å². The first-order valence-electron chi connectivity index (χ1n) is 4.19. The van der Waals surface area contributed by atoms with E-state index in [4.69, 9.17) is 0 Å². The SMILES string of the molecule is Cc1ccc([O-])cc1C(C)(C)C.[K+]. The van der Waals surface area contributed by atoms with E-state index in [2.05, 4.69) is 20.8 Å². The number of rotatable bonds is 0. The third kappa shape index (κ3) is 3.72. The second-order valence-electron chi connectivity index (χ2n) is 4.23. The van der Waals surface area contributed by atoms with Crippen molar-refractivity contribution in [2.45, 2.75) is 33.1 Å². The van der Waals surface area contributed by atoms with Crippen molar-refractivity contribution >= 4 is 0 Å². The molecule has 1 aromatic carbocycles. The summed E-state index contributed by atoms with van der Waals surface area (Å²) in [7, 11) is 0. The Kier molecular flexibility index (Phi) is 5.19. The molecule has 0 saturated carbocycles. The maximum atomic E-state index is 11.1. The first-order valence-corrected chi connectivity index (χ1v) is 4.19. The maximum Gasteiger partial charge on any atom is 1.00 e. The summed E-state index contributed by atoms with van der Waals surface area (Å²) in [6, 6.07) is 5.24. The molecule has 0 aliphatic rings. The molecule has 13 heavy (non-hydrogen) atoms. The molecule has 0 spiro atoms. The smallest absolute Gasteiger partial charge is 0.872 e. The second kappa shape index (κ2) is 4.94. The monoisotopic (exact) mass is 202 g/mol. The van der Waals surface area contributed by atoms with Gasteiger partial charge in [-0.25, -0.2) is 0 Å². The molecular formula is C11H15KO. The first-order chi connectivity index (χ1) is 5.41. The summed E-state index contributed by atoms with van der Waals surface area (Å²) < 4.78 is 0. The van der Waals surface area contributed by atoms with E-state index in [1.54, 1.807) is 12.1 Å². The Morgan fingerprint density at radius 2 is 1.69 bits per heavy atom. The number of benzene rings is 1. The summed E-state index contributed by atoms with van der Waals surface area (Å²) in [6.45, 7) is 8.40. The zero-order valence-corrected chi connectivity index (χ0v) is 12.3. The Hall–Kier alpha value is 0.656. The number of hydrogen-bond donors (Lipinski definition) is 0. The third-order valence-corrected chi connectivity index (χ3v) is 2.02. The third-order valence-electron chi connectivity index (χ3n) is 2.02. The van der Waals surface area contributed by atoms with Gasteiger partial charge < -0.3 is 5.11 Å². The van der Waals surface area contributed by atoms with Crippen LogP contribution in [0.3, 0.4) is 0 Å². The molecule has 0 radical (unpaired) electrons. The van der Waals surface area contributed by atoms with Crippen LogP contribution in [0.25, 0.3) is 0 Å². The molecular weight excluding hydrogens is 187 g/mol. The van der Waals surface area contributed by atoms with E-state index < -0.39 is 0 Å². The Labute approximate surface area is 123 Å². The number of hydrogen-bond acceptors (Lipinski definition) is 1. The minimum absolute atomic E-state index is 0. The van der Waals surface area contributed by atoms with Gasteiger partial charge in [0.05, 0.1) is 0 Å². The molecule has 0 bridgehead atoms. The van der Waals surface area contributed by atoms with Gasteiger partial charge in [-0.1, -0.05) is 39.0 Å². The zero-order valence-electron chi connectivity index (χ0n) is 9.14. The van der Waals surface area contributed by atoms with E-state index in [1.165, 1.54) is 5.56 Å². The van der Waals surface area contributed by atoms with Crippen molar-refractivity contribution in [3.63, 3.8) is 0 Å². The minimum atomic E-state index is 0. The molecule has 2 heteroatoms. The molecule has 66 valence electrons. The van der Waals surface area contributed by atoms with Crippen LogP contribution in [0.4, 0.5) is 0 Å². The molecule has 1 rings (SSSR count). The van der Waals surface area contributed by atoms with Crippen LogP contribution in [0, 0.1) is 6.92 Å². The van der Waals surface area contributed by atoms with Crippen molar-refractivity contribution in [3.8, 4) is 5.75 Å². The van der Waals surface area contributed by atoms with E-state index in [0.717, 1.165) is 5.56 Å². The van der Waals surface area contributed by atoms with Gasteiger partial charge in [-0.2, -0.15) is 0 Å². The van der Waals surface area contributed by atoms with Crippen LogP contribution in [0.2, 0.25) is 0 Å². The van der Waals surface area contributed by atoms with Gasteiger partial charge in [0.25, 0.3) is 0 Å². The molecule has 0 aliphatic carbocycles. The van der Waals surface area contributed by atoms with Crippen LogP contribution >= 0.6 is 0 Å². The van der Waals surface area contributed by atoms with Gasteiger partial charge in [0, 0.05) is 0 Å². The van der Waals surface area contributed by atoms with Crippen molar-refractivity contribution in [2.24, 2.45) is 0 Å². The maximum absolute atomic E-state index is 11.1. The van der Waals surface area contributed by atoms with Gasteiger partial charge in [-0.3, -0.25) is 0 Å². The molecule has 0 fully saturated rings. The fraction of sp³-hybridized carbons (Fsp3) is 0.455. The largest absolute Gasteiger partial charge is 1.00 e. The predicted molar refractivity (Wildman–Crippen MR) is 49.3 cm³/mol. The summed E-state index contributed by atoms with van der Waals surface area (Å²) in [4.78, 5) is 0. The Morgan fingerprint density at radius 1 is 1.15 bits per heavy atom. The van der Waals surface area contributed by atoms with E-state index in [9.17, 15) is 5.11 Å². The zero-order chi connectivity index (χ0) is 9.35. The fourth-order valence-electron chi connectivity index (χ4n) is 1.41. The predicted octanol–water partition coefficient (Wildman–Crippen LogP) is -0.630. The Balaban J connectivity index is 0.00000144. The quantitative estimate of drug-likeness (QED) is 0.514. The van der Waals surface area contributed by atoms with Crippen LogP contribution in [-0.4, -0.2) is 0 Å². The molecule has 0 aromatic heterocycles. The van der Waals surface area contributed by atoms with Crippen molar-refractivity contribution in [2.75, 3.05) is 0 Å². The van der Waals surface area contributed by atoms with Gasteiger partial charge in [-0.05, 0) is 23.5 Å². The van der Waals surface area contributed by atoms with Gasteiger partial charge in [-0.15, -0.1) is 5.75 Å². The van der Waals surface area contributed by atoms with E-state index in [-0.39, 0.29) is 62.5 Å². The minimum Gasteiger partial charge on any atom is -0.872 e. The second-order valence-corrected chi connectivity index (χ2v) is 4.23. The summed E-state index contributed by atoms with van der Waals surface area (Å²) in [5.41, 5.74) is 2.42. The van der Waals surface area contributed by atoms with Crippen LogP contribution < -0.4 is 56.5 Å². The van der Waals surface area contributed by atoms with Crippen molar-refractivity contribution in [1.82, 2.24) is 0 Å². The Bertz CT molecular complexity index is 287. The topological polar surface area (TPSA) is 23.1 Å². The summed E-state index contributed by atoms with van der Waals surface area (Å²) in [5.74, 6) is 0.102. The average molecular weight is 202 g/mol. The van der Waals surface area contributed by atoms with E-state index in [1.807, 2.05) is 13.0 Å². The fourth-order valence-corrected chi connectivity index (χ4v) is 1.41. The molecule has 0 saturated heterocycles. The van der Waals surface area contributed by atoms with Gasteiger partial charge >= 0.3 is 51.4 Å². The molecule has 0 amide bonds. The molecule has 1 nitrogen and oxygen atoms in total. The normalized spacial score (nSPS) is 10.8. The van der Waals surface area contributed by atoms with Crippen LogP contribution in [0.5, 0.6) is 5.75 Å². The average Bonchev–Trinajstić information content (AvgIpc) is 1.92.